The standard InChI is InChI=1S/C24H31ClN4O4S/c25-23-22(26-14-21-16-33-12-13-34(21,31)32)15-27-29(24(23)30)20-10-8-19(9-11-20)28(18-6-7-18)17-4-2-1-3-5-17/h1-5,15,18-21,26H,6-14,16H2/t19?,20?,21-/m1/s1. The molecule has 1 aromatic heterocycles. The molecule has 2 heterocycles. The summed E-state index contributed by atoms with van der Waals surface area (Å²) < 4.78 is 31.2. The van der Waals surface area contributed by atoms with Crippen LogP contribution in [0.15, 0.2) is 41.3 Å². The Morgan fingerprint density at radius 1 is 1.09 bits per heavy atom. The number of nitrogens with zero attached hydrogens (tertiary/aromatic N) is 3. The maximum atomic E-state index is 13.0. The summed E-state index contributed by atoms with van der Waals surface area (Å²) in [6.45, 7) is 0.500. The van der Waals surface area contributed by atoms with Crippen molar-refractivity contribution in [1.82, 2.24) is 9.78 Å². The van der Waals surface area contributed by atoms with Gasteiger partial charge in [-0.1, -0.05) is 29.8 Å². The van der Waals surface area contributed by atoms with Gasteiger partial charge in [-0.3, -0.25) is 4.79 Å². The molecule has 0 radical (unpaired) electrons. The van der Waals surface area contributed by atoms with Gasteiger partial charge in [0.05, 0.1) is 36.9 Å². The van der Waals surface area contributed by atoms with Gasteiger partial charge in [-0.15, -0.1) is 0 Å². The third-order valence-electron chi connectivity index (χ3n) is 7.19. The van der Waals surface area contributed by atoms with Gasteiger partial charge >= 0.3 is 0 Å². The van der Waals surface area contributed by atoms with Crippen molar-refractivity contribution in [3.63, 3.8) is 0 Å². The number of para-hydroxylation sites is 1. The van der Waals surface area contributed by atoms with Crippen LogP contribution in [0.4, 0.5) is 11.4 Å². The third-order valence-corrected chi connectivity index (χ3v) is 9.61. The first-order valence-electron chi connectivity index (χ1n) is 12.1. The smallest absolute Gasteiger partial charge is 0.287 e. The van der Waals surface area contributed by atoms with E-state index in [1.807, 2.05) is 6.07 Å². The Morgan fingerprint density at radius 2 is 1.76 bits per heavy atom. The summed E-state index contributed by atoms with van der Waals surface area (Å²) in [5.74, 6) is 0.0120. The van der Waals surface area contributed by atoms with Crippen LogP contribution < -0.4 is 15.8 Å². The van der Waals surface area contributed by atoms with Crippen molar-refractivity contribution >= 4 is 32.8 Å². The highest BCUT2D eigenvalue weighted by Gasteiger charge is 2.36. The Morgan fingerprint density at radius 3 is 2.41 bits per heavy atom. The lowest BCUT2D eigenvalue weighted by Crippen LogP contribution is -2.42. The largest absolute Gasteiger partial charge is 0.381 e. The van der Waals surface area contributed by atoms with Crippen LogP contribution in [0.2, 0.25) is 5.02 Å². The summed E-state index contributed by atoms with van der Waals surface area (Å²) in [4.78, 5) is 15.6. The Bertz CT molecular complexity index is 1160. The molecule has 2 aromatic rings. The average Bonchev–Trinajstić information content (AvgIpc) is 3.67. The maximum absolute atomic E-state index is 13.0. The first-order chi connectivity index (χ1) is 16.4. The summed E-state index contributed by atoms with van der Waals surface area (Å²) in [5.41, 5.74) is 1.31. The zero-order valence-electron chi connectivity index (χ0n) is 19.1. The molecule has 1 aromatic carbocycles. The normalized spacial score (nSPS) is 26.7. The number of aromatic nitrogens is 2. The van der Waals surface area contributed by atoms with E-state index in [0.717, 1.165) is 25.7 Å². The fourth-order valence-electron chi connectivity index (χ4n) is 5.15. The van der Waals surface area contributed by atoms with E-state index in [1.54, 1.807) is 0 Å². The van der Waals surface area contributed by atoms with Crippen LogP contribution in [-0.4, -0.2) is 61.0 Å². The number of nitrogens with one attached hydrogen (secondary N) is 1. The van der Waals surface area contributed by atoms with Gasteiger partial charge in [0.25, 0.3) is 5.56 Å². The van der Waals surface area contributed by atoms with Crippen molar-refractivity contribution in [1.29, 1.82) is 0 Å². The van der Waals surface area contributed by atoms with Crippen molar-refractivity contribution < 1.29 is 13.2 Å². The van der Waals surface area contributed by atoms with Crippen molar-refractivity contribution in [3.8, 4) is 0 Å². The number of halogens is 1. The van der Waals surface area contributed by atoms with E-state index < -0.39 is 15.1 Å². The van der Waals surface area contributed by atoms with Gasteiger partial charge in [-0.05, 0) is 50.7 Å². The van der Waals surface area contributed by atoms with Crippen LogP contribution in [-0.2, 0) is 14.6 Å². The van der Waals surface area contributed by atoms with Crippen molar-refractivity contribution in [2.24, 2.45) is 0 Å². The van der Waals surface area contributed by atoms with E-state index in [9.17, 15) is 13.2 Å². The molecule has 2 saturated carbocycles. The molecule has 1 atom stereocenters. The first-order valence-corrected chi connectivity index (χ1v) is 14.2. The molecule has 0 spiro atoms. The summed E-state index contributed by atoms with van der Waals surface area (Å²) in [5, 5.41) is 6.79. The van der Waals surface area contributed by atoms with E-state index in [-0.39, 0.29) is 42.1 Å². The van der Waals surface area contributed by atoms with Gasteiger partial charge in [0.2, 0.25) is 0 Å². The van der Waals surface area contributed by atoms with Gasteiger partial charge < -0.3 is 15.0 Å². The number of anilines is 2. The predicted octanol–water partition coefficient (Wildman–Crippen LogP) is 3.27. The molecule has 3 aliphatic rings. The van der Waals surface area contributed by atoms with Gasteiger partial charge in [0.1, 0.15) is 10.3 Å². The molecule has 1 saturated heterocycles. The molecule has 1 N–H and O–H groups in total. The van der Waals surface area contributed by atoms with E-state index in [4.69, 9.17) is 16.3 Å². The lowest BCUT2D eigenvalue weighted by Gasteiger charge is -2.39. The van der Waals surface area contributed by atoms with E-state index in [2.05, 4.69) is 39.6 Å². The second kappa shape index (κ2) is 9.87. The molecule has 0 amide bonds. The minimum absolute atomic E-state index is 0.0120. The molecule has 0 bridgehead atoms. The third kappa shape index (κ3) is 4.97. The first kappa shape index (κ1) is 23.6. The average molecular weight is 507 g/mol. The summed E-state index contributed by atoms with van der Waals surface area (Å²) in [6, 6.07) is 11.7. The molecule has 0 unspecified atom stereocenters. The summed E-state index contributed by atoms with van der Waals surface area (Å²) >= 11 is 6.39. The number of rotatable bonds is 7. The monoisotopic (exact) mass is 506 g/mol. The second-order valence-corrected chi connectivity index (χ2v) is 12.3. The zero-order chi connectivity index (χ0) is 23.7. The molecule has 8 nitrogen and oxygen atoms in total. The molecular formula is C24H31ClN4O4S. The molecule has 184 valence electrons. The minimum atomic E-state index is -3.21. The molecule has 34 heavy (non-hydrogen) atoms. The highest BCUT2D eigenvalue weighted by Crippen LogP contribution is 2.39. The Balaban J connectivity index is 1.24. The van der Waals surface area contributed by atoms with Crippen LogP contribution in [0, 0.1) is 0 Å². The van der Waals surface area contributed by atoms with Crippen LogP contribution in [0.5, 0.6) is 0 Å². The van der Waals surface area contributed by atoms with E-state index in [0.29, 0.717) is 17.8 Å². The van der Waals surface area contributed by atoms with Crippen LogP contribution in [0.3, 0.4) is 0 Å². The minimum Gasteiger partial charge on any atom is -0.381 e. The van der Waals surface area contributed by atoms with Gasteiger partial charge in [-0.25, -0.2) is 13.1 Å². The predicted molar refractivity (Wildman–Crippen MR) is 134 cm³/mol. The molecule has 1 aliphatic heterocycles. The molecular weight excluding hydrogens is 476 g/mol. The van der Waals surface area contributed by atoms with Gasteiger partial charge in [-0.2, -0.15) is 5.10 Å². The molecule has 2 aliphatic carbocycles. The number of ether oxygens (including phenoxy) is 1. The highest BCUT2D eigenvalue weighted by atomic mass is 35.5. The molecule has 3 fully saturated rings. The molecule has 10 heteroatoms. The van der Waals surface area contributed by atoms with Crippen molar-refractivity contribution in [2.45, 2.75) is 61.9 Å². The van der Waals surface area contributed by atoms with E-state index in [1.165, 1.54) is 29.4 Å². The summed E-state index contributed by atoms with van der Waals surface area (Å²) in [6.07, 6.45) is 7.76. The maximum Gasteiger partial charge on any atom is 0.287 e. The number of hydrogen-bond donors (Lipinski definition) is 1. The SMILES string of the molecule is O=c1c(Cl)c(NC[C@@H]2COCCS2(=O)=O)cnn1C1CCC(N(c2ccccc2)C2CC2)CC1. The van der Waals surface area contributed by atoms with Gasteiger partial charge in [0.15, 0.2) is 9.84 Å². The fourth-order valence-corrected chi connectivity index (χ4v) is 6.68. The molecule has 5 rings (SSSR count). The van der Waals surface area contributed by atoms with Crippen LogP contribution in [0.25, 0.3) is 0 Å². The van der Waals surface area contributed by atoms with Crippen LogP contribution in [0.1, 0.15) is 44.6 Å². The number of benzene rings is 1. The Labute approximate surface area is 205 Å². The Hall–Kier alpha value is -2.10. The zero-order valence-corrected chi connectivity index (χ0v) is 20.7. The highest BCUT2D eigenvalue weighted by molar-refractivity contribution is 7.92. The van der Waals surface area contributed by atoms with Gasteiger partial charge in [0, 0.05) is 24.3 Å². The number of sulfone groups is 1. The fraction of sp³-hybridized carbons (Fsp3) is 0.583. The van der Waals surface area contributed by atoms with Crippen molar-refractivity contribution in [2.75, 3.05) is 35.7 Å². The second-order valence-electron chi connectivity index (χ2n) is 9.50. The number of hydrogen-bond acceptors (Lipinski definition) is 7. The lowest BCUT2D eigenvalue weighted by molar-refractivity contribution is 0.140. The van der Waals surface area contributed by atoms with Crippen LogP contribution >= 0.6 is 11.6 Å². The Kier molecular flexibility index (Phi) is 6.86. The van der Waals surface area contributed by atoms with Crippen molar-refractivity contribution in [3.05, 3.63) is 51.9 Å². The van der Waals surface area contributed by atoms with E-state index >= 15 is 0 Å². The summed E-state index contributed by atoms with van der Waals surface area (Å²) in [7, 11) is -3.21. The lowest BCUT2D eigenvalue weighted by atomic mass is 9.89. The topological polar surface area (TPSA) is 93.5 Å². The quantitative estimate of drug-likeness (QED) is 0.616.